The van der Waals surface area contributed by atoms with Crippen molar-refractivity contribution in [3.8, 4) is 0 Å². The second-order valence-electron chi connectivity index (χ2n) is 4.48. The van der Waals surface area contributed by atoms with Crippen molar-refractivity contribution >= 4 is 17.4 Å². The molecule has 0 amide bonds. The molecule has 2 aromatic heterocycles. The van der Waals surface area contributed by atoms with E-state index in [1.165, 1.54) is 12.3 Å². The molecule has 0 N–H and O–H groups in total. The summed E-state index contributed by atoms with van der Waals surface area (Å²) in [6, 6.07) is 1.17. The van der Waals surface area contributed by atoms with Crippen LogP contribution in [0.5, 0.6) is 0 Å². The molecule has 0 spiro atoms. The third-order valence-corrected chi connectivity index (χ3v) is 3.36. The van der Waals surface area contributed by atoms with Gasteiger partial charge in [-0.3, -0.25) is 0 Å². The van der Waals surface area contributed by atoms with Gasteiger partial charge in [0.05, 0.1) is 11.1 Å². The van der Waals surface area contributed by atoms with Gasteiger partial charge in [0.1, 0.15) is 0 Å². The van der Waals surface area contributed by atoms with Crippen LogP contribution in [-0.4, -0.2) is 21.7 Å². The number of pyridine rings is 1. The SMILES string of the molecule is Cc1nc(C2CCCN2c2ncc(Cl)cc2F)no1. The van der Waals surface area contributed by atoms with Gasteiger partial charge in [-0.15, -0.1) is 0 Å². The van der Waals surface area contributed by atoms with Crippen LogP contribution >= 0.6 is 11.6 Å². The van der Waals surface area contributed by atoms with Crippen LogP contribution in [0.3, 0.4) is 0 Å². The third kappa shape index (κ3) is 2.28. The number of hydrogen-bond acceptors (Lipinski definition) is 5. The van der Waals surface area contributed by atoms with Crippen molar-refractivity contribution < 1.29 is 8.91 Å². The quantitative estimate of drug-likeness (QED) is 0.848. The lowest BCUT2D eigenvalue weighted by molar-refractivity contribution is 0.383. The van der Waals surface area contributed by atoms with Crippen LogP contribution in [0.1, 0.15) is 30.6 Å². The first kappa shape index (κ1) is 12.3. The zero-order valence-electron chi connectivity index (χ0n) is 10.3. The normalized spacial score (nSPS) is 19.1. The highest BCUT2D eigenvalue weighted by atomic mass is 35.5. The van der Waals surface area contributed by atoms with E-state index in [9.17, 15) is 4.39 Å². The van der Waals surface area contributed by atoms with Gasteiger partial charge in [-0.05, 0) is 18.9 Å². The fourth-order valence-corrected chi connectivity index (χ4v) is 2.50. The van der Waals surface area contributed by atoms with Gasteiger partial charge < -0.3 is 9.42 Å². The van der Waals surface area contributed by atoms with Crippen LogP contribution in [0.2, 0.25) is 5.02 Å². The predicted molar refractivity (Wildman–Crippen MR) is 67.6 cm³/mol. The molecule has 1 fully saturated rings. The highest BCUT2D eigenvalue weighted by Crippen LogP contribution is 2.35. The summed E-state index contributed by atoms with van der Waals surface area (Å²) in [5, 5.41) is 4.20. The van der Waals surface area contributed by atoms with Crippen LogP contribution in [0.25, 0.3) is 0 Å². The maximum Gasteiger partial charge on any atom is 0.223 e. The molecule has 1 aliphatic rings. The molecule has 1 atom stereocenters. The van der Waals surface area contributed by atoms with E-state index in [1.807, 2.05) is 4.90 Å². The summed E-state index contributed by atoms with van der Waals surface area (Å²) >= 11 is 5.72. The zero-order valence-corrected chi connectivity index (χ0v) is 11.1. The Labute approximate surface area is 114 Å². The summed E-state index contributed by atoms with van der Waals surface area (Å²) in [5.74, 6) is 0.937. The van der Waals surface area contributed by atoms with Gasteiger partial charge in [-0.25, -0.2) is 9.37 Å². The molecule has 1 unspecified atom stereocenters. The molecule has 0 aliphatic carbocycles. The Morgan fingerprint density at radius 1 is 1.53 bits per heavy atom. The first-order valence-electron chi connectivity index (χ1n) is 6.03. The second-order valence-corrected chi connectivity index (χ2v) is 4.92. The maximum atomic E-state index is 13.9. The Bertz CT molecular complexity index is 603. The molecule has 7 heteroatoms. The average molecular weight is 283 g/mol. The fourth-order valence-electron chi connectivity index (χ4n) is 2.36. The Kier molecular flexibility index (Phi) is 3.10. The standard InChI is InChI=1S/C12H12ClFN4O/c1-7-16-11(17-19-7)10-3-2-4-18(10)12-9(14)5-8(13)6-15-12/h5-6,10H,2-4H2,1H3. The van der Waals surface area contributed by atoms with E-state index >= 15 is 0 Å². The molecule has 1 saturated heterocycles. The van der Waals surface area contributed by atoms with Gasteiger partial charge >= 0.3 is 0 Å². The molecule has 0 saturated carbocycles. The van der Waals surface area contributed by atoms with Gasteiger partial charge in [0, 0.05) is 19.7 Å². The number of halogens is 2. The van der Waals surface area contributed by atoms with Crippen LogP contribution in [0, 0.1) is 12.7 Å². The number of aryl methyl sites for hydroxylation is 1. The Morgan fingerprint density at radius 3 is 3.05 bits per heavy atom. The highest BCUT2D eigenvalue weighted by molar-refractivity contribution is 6.30. The fraction of sp³-hybridized carbons (Fsp3) is 0.417. The molecule has 0 bridgehead atoms. The highest BCUT2D eigenvalue weighted by Gasteiger charge is 2.32. The van der Waals surface area contributed by atoms with E-state index in [0.717, 1.165) is 12.8 Å². The van der Waals surface area contributed by atoms with Crippen LogP contribution < -0.4 is 4.90 Å². The van der Waals surface area contributed by atoms with Crippen LogP contribution in [0.4, 0.5) is 10.2 Å². The Hall–Kier alpha value is -1.69. The molecule has 0 aromatic carbocycles. The minimum atomic E-state index is -0.431. The average Bonchev–Trinajstić information content (AvgIpc) is 2.97. The zero-order chi connectivity index (χ0) is 13.4. The van der Waals surface area contributed by atoms with Gasteiger partial charge in [-0.2, -0.15) is 4.98 Å². The van der Waals surface area contributed by atoms with Crippen molar-refractivity contribution in [3.63, 3.8) is 0 Å². The number of aromatic nitrogens is 3. The number of hydrogen-bond donors (Lipinski definition) is 0. The van der Waals surface area contributed by atoms with E-state index in [0.29, 0.717) is 18.3 Å². The van der Waals surface area contributed by atoms with Crippen molar-refractivity contribution in [2.45, 2.75) is 25.8 Å². The summed E-state index contributed by atoms with van der Waals surface area (Å²) in [6.07, 6.45) is 3.22. The predicted octanol–water partition coefficient (Wildman–Crippen LogP) is 2.91. The summed E-state index contributed by atoms with van der Waals surface area (Å²) in [6.45, 7) is 2.45. The van der Waals surface area contributed by atoms with Crippen molar-refractivity contribution in [1.29, 1.82) is 0 Å². The lowest BCUT2D eigenvalue weighted by atomic mass is 10.2. The number of nitrogens with zero attached hydrogens (tertiary/aromatic N) is 4. The summed E-state index contributed by atoms with van der Waals surface area (Å²) < 4.78 is 18.9. The van der Waals surface area contributed by atoms with Crippen LogP contribution in [-0.2, 0) is 0 Å². The van der Waals surface area contributed by atoms with E-state index < -0.39 is 5.82 Å². The summed E-state index contributed by atoms with van der Waals surface area (Å²) in [4.78, 5) is 10.2. The molecule has 3 heterocycles. The van der Waals surface area contributed by atoms with Gasteiger partial charge in [0.2, 0.25) is 5.89 Å². The van der Waals surface area contributed by atoms with Crippen molar-refractivity contribution in [3.05, 3.63) is 34.8 Å². The van der Waals surface area contributed by atoms with Crippen molar-refractivity contribution in [1.82, 2.24) is 15.1 Å². The Morgan fingerprint density at radius 2 is 2.37 bits per heavy atom. The molecule has 100 valence electrons. The molecular weight excluding hydrogens is 271 g/mol. The molecule has 5 nitrogen and oxygen atoms in total. The molecule has 0 radical (unpaired) electrons. The van der Waals surface area contributed by atoms with E-state index in [2.05, 4.69) is 15.1 Å². The summed E-state index contributed by atoms with van der Waals surface area (Å²) in [5.41, 5.74) is 0. The van der Waals surface area contributed by atoms with Gasteiger partial charge in [0.15, 0.2) is 17.5 Å². The topological polar surface area (TPSA) is 55.1 Å². The third-order valence-electron chi connectivity index (χ3n) is 3.15. The van der Waals surface area contributed by atoms with Crippen molar-refractivity contribution in [2.24, 2.45) is 0 Å². The largest absolute Gasteiger partial charge is 0.344 e. The first-order valence-corrected chi connectivity index (χ1v) is 6.41. The minimum absolute atomic E-state index is 0.0966. The minimum Gasteiger partial charge on any atom is -0.344 e. The monoisotopic (exact) mass is 282 g/mol. The molecule has 3 rings (SSSR count). The lowest BCUT2D eigenvalue weighted by Gasteiger charge is -2.23. The number of anilines is 1. The maximum absolute atomic E-state index is 13.9. The van der Waals surface area contributed by atoms with E-state index in [4.69, 9.17) is 16.1 Å². The van der Waals surface area contributed by atoms with Crippen molar-refractivity contribution in [2.75, 3.05) is 11.4 Å². The lowest BCUT2D eigenvalue weighted by Crippen LogP contribution is -2.25. The Balaban J connectivity index is 1.95. The van der Waals surface area contributed by atoms with Gasteiger partial charge in [0.25, 0.3) is 0 Å². The smallest absolute Gasteiger partial charge is 0.223 e. The van der Waals surface area contributed by atoms with E-state index in [1.54, 1.807) is 6.92 Å². The number of rotatable bonds is 2. The molecule has 1 aliphatic heterocycles. The second kappa shape index (κ2) is 4.77. The molecule has 2 aromatic rings. The van der Waals surface area contributed by atoms with Crippen LogP contribution in [0.15, 0.2) is 16.8 Å². The van der Waals surface area contributed by atoms with Gasteiger partial charge in [-0.1, -0.05) is 16.8 Å². The summed E-state index contributed by atoms with van der Waals surface area (Å²) in [7, 11) is 0. The molecular formula is C12H12ClFN4O. The molecule has 19 heavy (non-hydrogen) atoms. The first-order chi connectivity index (χ1) is 9.15. The van der Waals surface area contributed by atoms with E-state index in [-0.39, 0.29) is 16.9 Å².